The van der Waals surface area contributed by atoms with Gasteiger partial charge in [-0.05, 0) is 59.7 Å². The summed E-state index contributed by atoms with van der Waals surface area (Å²) in [5.74, 6) is 0.796. The van der Waals surface area contributed by atoms with Crippen molar-refractivity contribution in [3.8, 4) is 0 Å². The number of likely N-dealkylation sites (tertiary alicyclic amines) is 1. The van der Waals surface area contributed by atoms with Crippen molar-refractivity contribution < 1.29 is 4.74 Å². The van der Waals surface area contributed by atoms with E-state index in [2.05, 4.69) is 42.9 Å². The van der Waals surface area contributed by atoms with Crippen LogP contribution in [0.2, 0.25) is 0 Å². The van der Waals surface area contributed by atoms with Crippen LogP contribution in [0.5, 0.6) is 0 Å². The molecule has 0 bridgehead atoms. The molecule has 2 atom stereocenters. The summed E-state index contributed by atoms with van der Waals surface area (Å²) in [6.07, 6.45) is 3.10. The van der Waals surface area contributed by atoms with E-state index >= 15 is 0 Å². The Morgan fingerprint density at radius 3 is 2.70 bits per heavy atom. The Morgan fingerprint density at radius 2 is 2.00 bits per heavy atom. The lowest BCUT2D eigenvalue weighted by Gasteiger charge is -2.38. The summed E-state index contributed by atoms with van der Waals surface area (Å²) in [4.78, 5) is 5.00. The third kappa shape index (κ3) is 5.68. The summed E-state index contributed by atoms with van der Waals surface area (Å²) in [5, 5.41) is 3.66. The highest BCUT2D eigenvalue weighted by molar-refractivity contribution is 4.81. The number of rotatable bonds is 4. The largest absolute Gasteiger partial charge is 0.374 e. The maximum atomic E-state index is 5.90. The zero-order valence-corrected chi connectivity index (χ0v) is 13.8. The summed E-state index contributed by atoms with van der Waals surface area (Å²) >= 11 is 0. The highest BCUT2D eigenvalue weighted by Gasteiger charge is 2.25. The minimum Gasteiger partial charge on any atom is -0.374 e. The molecule has 0 saturated carbocycles. The van der Waals surface area contributed by atoms with Crippen LogP contribution < -0.4 is 5.32 Å². The average molecular weight is 283 g/mol. The second kappa shape index (κ2) is 7.21. The Balaban J connectivity index is 1.72. The van der Waals surface area contributed by atoms with Crippen LogP contribution in [0.25, 0.3) is 0 Å². The number of morpholine rings is 1. The van der Waals surface area contributed by atoms with Gasteiger partial charge in [-0.1, -0.05) is 0 Å². The Labute approximate surface area is 124 Å². The first-order chi connectivity index (χ1) is 9.42. The van der Waals surface area contributed by atoms with Gasteiger partial charge in [0.25, 0.3) is 0 Å². The predicted octanol–water partition coefficient (Wildman–Crippen LogP) is 1.42. The van der Waals surface area contributed by atoms with Crippen LogP contribution in [-0.2, 0) is 4.74 Å². The molecule has 2 aliphatic heterocycles. The zero-order chi connectivity index (χ0) is 14.6. The number of nitrogens with zero attached hydrogens (tertiary/aromatic N) is 2. The van der Waals surface area contributed by atoms with Gasteiger partial charge < -0.3 is 19.9 Å². The van der Waals surface area contributed by atoms with Gasteiger partial charge in [0.05, 0.1) is 12.7 Å². The van der Waals surface area contributed by atoms with Crippen molar-refractivity contribution >= 4 is 0 Å². The number of nitrogens with one attached hydrogen (secondary N) is 1. The molecule has 0 aliphatic carbocycles. The number of hydrogen-bond donors (Lipinski definition) is 1. The summed E-state index contributed by atoms with van der Waals surface area (Å²) in [5.41, 5.74) is 0.234. The van der Waals surface area contributed by atoms with Gasteiger partial charge in [0.2, 0.25) is 0 Å². The van der Waals surface area contributed by atoms with Crippen LogP contribution in [0.4, 0.5) is 0 Å². The van der Waals surface area contributed by atoms with Crippen molar-refractivity contribution in [3.05, 3.63) is 0 Å². The predicted molar refractivity (Wildman–Crippen MR) is 84.2 cm³/mol. The maximum Gasteiger partial charge on any atom is 0.0829 e. The lowest BCUT2D eigenvalue weighted by molar-refractivity contribution is -0.0404. The van der Waals surface area contributed by atoms with Crippen LogP contribution >= 0.6 is 0 Å². The van der Waals surface area contributed by atoms with E-state index < -0.39 is 0 Å². The smallest absolute Gasteiger partial charge is 0.0829 e. The van der Waals surface area contributed by atoms with Gasteiger partial charge in [0.15, 0.2) is 0 Å². The van der Waals surface area contributed by atoms with Gasteiger partial charge >= 0.3 is 0 Å². The summed E-state index contributed by atoms with van der Waals surface area (Å²) in [7, 11) is 2.20. The van der Waals surface area contributed by atoms with E-state index in [0.717, 1.165) is 38.7 Å². The summed E-state index contributed by atoms with van der Waals surface area (Å²) in [6, 6.07) is 0. The molecule has 0 amide bonds. The van der Waals surface area contributed by atoms with Crippen LogP contribution in [0.15, 0.2) is 0 Å². The van der Waals surface area contributed by atoms with Crippen molar-refractivity contribution in [2.24, 2.45) is 5.92 Å². The molecule has 118 valence electrons. The fraction of sp³-hybridized carbons (Fsp3) is 1.00. The van der Waals surface area contributed by atoms with Crippen molar-refractivity contribution in [2.45, 2.75) is 45.3 Å². The molecule has 2 aliphatic rings. The van der Waals surface area contributed by atoms with Gasteiger partial charge in [-0.3, -0.25) is 0 Å². The second-order valence-electron chi connectivity index (χ2n) is 7.65. The average Bonchev–Trinajstić information content (AvgIpc) is 2.36. The first kappa shape index (κ1) is 16.2. The molecule has 4 heteroatoms. The van der Waals surface area contributed by atoms with Crippen LogP contribution in [0, 0.1) is 5.92 Å². The minimum absolute atomic E-state index is 0.234. The van der Waals surface area contributed by atoms with Crippen LogP contribution in [-0.4, -0.2) is 74.4 Å². The molecule has 4 nitrogen and oxygen atoms in total. The fourth-order valence-electron chi connectivity index (χ4n) is 3.20. The molecule has 2 fully saturated rings. The standard InChI is InChI=1S/C16H33N3O/c1-16(2,3)17-10-14-6-5-7-19(11-14)13-15-12-18(4)8-9-20-15/h14-15,17H,5-13H2,1-4H3. The number of ether oxygens (including phenoxy) is 1. The molecule has 20 heavy (non-hydrogen) atoms. The van der Waals surface area contributed by atoms with E-state index in [1.165, 1.54) is 25.9 Å². The Morgan fingerprint density at radius 1 is 1.20 bits per heavy atom. The Kier molecular flexibility index (Phi) is 5.84. The van der Waals surface area contributed by atoms with E-state index in [-0.39, 0.29) is 5.54 Å². The Hall–Kier alpha value is -0.160. The molecule has 1 N–H and O–H groups in total. The molecule has 2 unspecified atom stereocenters. The normalized spacial score (nSPS) is 30.6. The quantitative estimate of drug-likeness (QED) is 0.844. The van der Waals surface area contributed by atoms with Crippen molar-refractivity contribution in [1.29, 1.82) is 0 Å². The van der Waals surface area contributed by atoms with Crippen molar-refractivity contribution in [2.75, 3.05) is 52.9 Å². The van der Waals surface area contributed by atoms with E-state index in [9.17, 15) is 0 Å². The van der Waals surface area contributed by atoms with Crippen LogP contribution in [0.3, 0.4) is 0 Å². The molecule has 0 radical (unpaired) electrons. The van der Waals surface area contributed by atoms with E-state index in [1.807, 2.05) is 0 Å². The molecule has 0 aromatic heterocycles. The molecule has 2 heterocycles. The lowest BCUT2D eigenvalue weighted by Crippen LogP contribution is -2.50. The van der Waals surface area contributed by atoms with E-state index in [1.54, 1.807) is 0 Å². The first-order valence-corrected chi connectivity index (χ1v) is 8.20. The number of piperidine rings is 1. The monoisotopic (exact) mass is 283 g/mol. The molecule has 0 spiro atoms. The third-order valence-electron chi connectivity index (χ3n) is 4.33. The van der Waals surface area contributed by atoms with Crippen molar-refractivity contribution in [1.82, 2.24) is 15.1 Å². The van der Waals surface area contributed by atoms with Crippen molar-refractivity contribution in [3.63, 3.8) is 0 Å². The Bertz CT molecular complexity index is 290. The highest BCUT2D eigenvalue weighted by Crippen LogP contribution is 2.18. The number of likely N-dealkylation sites (N-methyl/N-ethyl adjacent to an activating group) is 1. The molecular formula is C16H33N3O. The summed E-state index contributed by atoms with van der Waals surface area (Å²) in [6.45, 7) is 14.5. The highest BCUT2D eigenvalue weighted by atomic mass is 16.5. The first-order valence-electron chi connectivity index (χ1n) is 8.20. The van der Waals surface area contributed by atoms with E-state index in [4.69, 9.17) is 4.74 Å². The summed E-state index contributed by atoms with van der Waals surface area (Å²) < 4.78 is 5.90. The molecular weight excluding hydrogens is 250 g/mol. The topological polar surface area (TPSA) is 27.7 Å². The van der Waals surface area contributed by atoms with Gasteiger partial charge in [-0.15, -0.1) is 0 Å². The SMILES string of the molecule is CN1CCOC(CN2CCCC(CNC(C)(C)C)C2)C1. The minimum atomic E-state index is 0.234. The fourth-order valence-corrected chi connectivity index (χ4v) is 3.20. The second-order valence-corrected chi connectivity index (χ2v) is 7.65. The van der Waals surface area contributed by atoms with Gasteiger partial charge in [-0.25, -0.2) is 0 Å². The molecule has 0 aromatic carbocycles. The van der Waals surface area contributed by atoms with Gasteiger partial charge in [0, 0.05) is 31.7 Å². The lowest BCUT2D eigenvalue weighted by atomic mass is 9.96. The maximum absolute atomic E-state index is 5.90. The van der Waals surface area contributed by atoms with Gasteiger partial charge in [0.1, 0.15) is 0 Å². The third-order valence-corrected chi connectivity index (χ3v) is 4.33. The zero-order valence-electron chi connectivity index (χ0n) is 13.8. The number of hydrogen-bond acceptors (Lipinski definition) is 4. The van der Waals surface area contributed by atoms with Crippen LogP contribution in [0.1, 0.15) is 33.6 Å². The molecule has 0 aromatic rings. The molecule has 2 saturated heterocycles. The van der Waals surface area contributed by atoms with E-state index in [0.29, 0.717) is 6.10 Å². The molecule has 2 rings (SSSR count). The van der Waals surface area contributed by atoms with Gasteiger partial charge in [-0.2, -0.15) is 0 Å².